The number of aromatic nitrogens is 3. The monoisotopic (exact) mass is 368 g/mol. The van der Waals surface area contributed by atoms with Gasteiger partial charge in [0.05, 0.1) is 24.2 Å². The number of aryl methyl sites for hydroxylation is 1. The van der Waals surface area contributed by atoms with Crippen LogP contribution in [0.25, 0.3) is 11.0 Å². The molecule has 3 aromatic rings. The van der Waals surface area contributed by atoms with Gasteiger partial charge in [-0.2, -0.15) is 0 Å². The molecule has 142 valence electrons. The van der Waals surface area contributed by atoms with E-state index in [2.05, 4.69) is 10.3 Å². The van der Waals surface area contributed by atoms with Gasteiger partial charge in [-0.3, -0.25) is 4.98 Å². The van der Waals surface area contributed by atoms with Gasteiger partial charge in [0.25, 0.3) is 0 Å². The number of hydrogen-bond acceptors (Lipinski definition) is 6. The minimum absolute atomic E-state index is 0.0428. The van der Waals surface area contributed by atoms with Crippen LogP contribution < -0.4 is 5.32 Å². The number of nitrogens with one attached hydrogen (secondary N) is 1. The maximum Gasteiger partial charge on any atom is 0.204 e. The molecule has 7 nitrogen and oxygen atoms in total. The maximum absolute atomic E-state index is 10.2. The van der Waals surface area contributed by atoms with Gasteiger partial charge in [-0.15, -0.1) is 0 Å². The van der Waals surface area contributed by atoms with Gasteiger partial charge in [0.15, 0.2) is 5.79 Å². The molecule has 1 aromatic carbocycles. The number of imidazole rings is 1. The molecule has 4 rings (SSSR count). The predicted molar refractivity (Wildman–Crippen MR) is 103 cm³/mol. The minimum Gasteiger partial charge on any atom is -0.506 e. The number of aromatic hydroxyl groups is 1. The molecule has 0 bridgehead atoms. The van der Waals surface area contributed by atoms with Gasteiger partial charge in [-0.05, 0) is 45.0 Å². The molecule has 7 heteroatoms. The summed E-state index contributed by atoms with van der Waals surface area (Å²) in [5.41, 5.74) is 3.34. The summed E-state index contributed by atoms with van der Waals surface area (Å²) in [7, 11) is 0. The Morgan fingerprint density at radius 3 is 2.81 bits per heavy atom. The molecule has 1 saturated heterocycles. The first-order valence-electron chi connectivity index (χ1n) is 9.08. The Morgan fingerprint density at radius 1 is 1.22 bits per heavy atom. The highest BCUT2D eigenvalue weighted by Crippen LogP contribution is 2.26. The molecular weight excluding hydrogens is 344 g/mol. The van der Waals surface area contributed by atoms with Gasteiger partial charge in [0.1, 0.15) is 17.5 Å². The molecule has 1 aliphatic rings. The second-order valence-corrected chi connectivity index (χ2v) is 7.26. The molecule has 2 N–H and O–H groups in total. The van der Waals surface area contributed by atoms with E-state index >= 15 is 0 Å². The molecule has 0 unspecified atom stereocenters. The molecule has 1 fully saturated rings. The van der Waals surface area contributed by atoms with Gasteiger partial charge < -0.3 is 24.5 Å². The predicted octanol–water partition coefficient (Wildman–Crippen LogP) is 3.06. The fraction of sp³-hybridized carbons (Fsp3) is 0.400. The molecule has 2 aromatic heterocycles. The first-order valence-corrected chi connectivity index (χ1v) is 9.08. The first kappa shape index (κ1) is 17.8. The van der Waals surface area contributed by atoms with E-state index in [9.17, 15) is 5.11 Å². The number of pyridine rings is 1. The van der Waals surface area contributed by atoms with Crippen molar-refractivity contribution in [3.63, 3.8) is 0 Å². The molecule has 0 aliphatic carbocycles. The fourth-order valence-corrected chi connectivity index (χ4v) is 3.31. The average Bonchev–Trinajstić information content (AvgIpc) is 3.16. The molecule has 3 heterocycles. The summed E-state index contributed by atoms with van der Waals surface area (Å²) in [6.07, 6.45) is -0.0428. The van der Waals surface area contributed by atoms with Crippen LogP contribution in [0.3, 0.4) is 0 Å². The van der Waals surface area contributed by atoms with E-state index in [1.807, 2.05) is 49.6 Å². The van der Waals surface area contributed by atoms with Crippen LogP contribution >= 0.6 is 0 Å². The summed E-state index contributed by atoms with van der Waals surface area (Å²) in [5.74, 6) is 0.342. The third kappa shape index (κ3) is 3.74. The number of rotatable bonds is 5. The number of ether oxygens (including phenoxy) is 2. The number of hydrogen-bond donors (Lipinski definition) is 2. The largest absolute Gasteiger partial charge is 0.506 e. The van der Waals surface area contributed by atoms with Crippen molar-refractivity contribution in [3.8, 4) is 5.75 Å². The molecule has 1 aliphatic heterocycles. The van der Waals surface area contributed by atoms with Crippen molar-refractivity contribution >= 4 is 17.0 Å². The van der Waals surface area contributed by atoms with E-state index < -0.39 is 5.79 Å². The molecular formula is C20H24N4O3. The lowest BCUT2D eigenvalue weighted by atomic mass is 10.2. The second kappa shape index (κ2) is 6.83. The van der Waals surface area contributed by atoms with Crippen LogP contribution in [-0.4, -0.2) is 44.7 Å². The Morgan fingerprint density at radius 2 is 2.04 bits per heavy atom. The van der Waals surface area contributed by atoms with Crippen molar-refractivity contribution in [1.82, 2.24) is 14.5 Å². The normalized spacial score (nSPS) is 18.9. The van der Waals surface area contributed by atoms with Crippen LogP contribution in [0, 0.1) is 6.92 Å². The Balaban J connectivity index is 1.62. The molecule has 0 spiro atoms. The van der Waals surface area contributed by atoms with Crippen LogP contribution in [0.5, 0.6) is 5.75 Å². The zero-order chi connectivity index (χ0) is 19.0. The van der Waals surface area contributed by atoms with E-state index in [1.165, 1.54) is 0 Å². The third-order valence-corrected chi connectivity index (χ3v) is 4.61. The number of nitrogens with zero attached hydrogens (tertiary/aromatic N) is 3. The second-order valence-electron chi connectivity index (χ2n) is 7.26. The molecule has 27 heavy (non-hydrogen) atoms. The molecule has 0 amide bonds. The van der Waals surface area contributed by atoms with Gasteiger partial charge in [-0.1, -0.05) is 12.1 Å². The summed E-state index contributed by atoms with van der Waals surface area (Å²) in [4.78, 5) is 9.19. The van der Waals surface area contributed by atoms with Crippen LogP contribution in [0.15, 0.2) is 36.4 Å². The summed E-state index contributed by atoms with van der Waals surface area (Å²) in [5, 5.41) is 13.6. The summed E-state index contributed by atoms with van der Waals surface area (Å²) >= 11 is 0. The smallest absolute Gasteiger partial charge is 0.204 e. The van der Waals surface area contributed by atoms with Gasteiger partial charge >= 0.3 is 0 Å². The van der Waals surface area contributed by atoms with Crippen molar-refractivity contribution in [2.24, 2.45) is 0 Å². The highest BCUT2D eigenvalue weighted by Gasteiger charge is 2.32. The Kier molecular flexibility index (Phi) is 4.49. The highest BCUT2D eigenvalue weighted by atomic mass is 16.7. The standard InChI is InChI=1S/C20H24N4O3/c1-13-8-9-18(25)16(22-13)11-24-17-7-5-4-6-15(17)23-19(24)21-10-14-12-26-20(2,3)27-14/h4-9,14,25H,10-12H2,1-3H3,(H,21,23)/t14-/m0/s1. The van der Waals surface area contributed by atoms with Crippen LogP contribution in [-0.2, 0) is 16.0 Å². The van der Waals surface area contributed by atoms with Gasteiger partial charge in [0, 0.05) is 12.2 Å². The Hall–Kier alpha value is -2.64. The fourth-order valence-electron chi connectivity index (χ4n) is 3.31. The van der Waals surface area contributed by atoms with Crippen LogP contribution in [0.1, 0.15) is 25.2 Å². The highest BCUT2D eigenvalue weighted by molar-refractivity contribution is 5.78. The average molecular weight is 368 g/mol. The third-order valence-electron chi connectivity index (χ3n) is 4.61. The number of anilines is 1. The van der Waals surface area contributed by atoms with E-state index in [0.717, 1.165) is 16.7 Å². The van der Waals surface area contributed by atoms with Gasteiger partial charge in [-0.25, -0.2) is 4.98 Å². The molecule has 0 saturated carbocycles. The van der Waals surface area contributed by atoms with Crippen molar-refractivity contribution in [1.29, 1.82) is 0 Å². The first-order chi connectivity index (χ1) is 12.9. The van der Waals surface area contributed by atoms with Gasteiger partial charge in [0.2, 0.25) is 5.95 Å². The van der Waals surface area contributed by atoms with Crippen molar-refractivity contribution in [3.05, 3.63) is 47.8 Å². The Bertz CT molecular complexity index is 967. The quantitative estimate of drug-likeness (QED) is 0.720. The maximum atomic E-state index is 10.2. The van der Waals surface area contributed by atoms with Crippen molar-refractivity contribution < 1.29 is 14.6 Å². The summed E-state index contributed by atoms with van der Waals surface area (Å²) in [6, 6.07) is 11.4. The molecule has 1 atom stereocenters. The topological polar surface area (TPSA) is 81.4 Å². The zero-order valence-electron chi connectivity index (χ0n) is 15.8. The number of benzene rings is 1. The van der Waals surface area contributed by atoms with Crippen molar-refractivity contribution in [2.75, 3.05) is 18.5 Å². The van der Waals surface area contributed by atoms with E-state index in [0.29, 0.717) is 31.3 Å². The zero-order valence-corrected chi connectivity index (χ0v) is 15.8. The van der Waals surface area contributed by atoms with E-state index in [1.54, 1.807) is 12.1 Å². The van der Waals surface area contributed by atoms with E-state index in [4.69, 9.17) is 14.5 Å². The molecule has 0 radical (unpaired) electrons. The summed E-state index contributed by atoms with van der Waals surface area (Å²) < 4.78 is 13.5. The van der Waals surface area contributed by atoms with Crippen LogP contribution in [0.4, 0.5) is 5.95 Å². The lowest BCUT2D eigenvalue weighted by Gasteiger charge is -2.18. The number of fused-ring (bicyclic) bond motifs is 1. The lowest BCUT2D eigenvalue weighted by molar-refractivity contribution is -0.136. The SMILES string of the molecule is Cc1ccc(O)c(Cn2c(NC[C@H]3COC(C)(C)O3)nc3ccccc32)n1. The van der Waals surface area contributed by atoms with Crippen LogP contribution in [0.2, 0.25) is 0 Å². The number of para-hydroxylation sites is 2. The minimum atomic E-state index is -0.552. The van der Waals surface area contributed by atoms with E-state index in [-0.39, 0.29) is 11.9 Å². The lowest BCUT2D eigenvalue weighted by Crippen LogP contribution is -2.26. The van der Waals surface area contributed by atoms with Crippen molar-refractivity contribution in [2.45, 2.75) is 39.2 Å². The summed E-state index contributed by atoms with van der Waals surface area (Å²) in [6.45, 7) is 7.28. The Labute approximate surface area is 158 Å².